The molecular formula is C28H28N2O. The van der Waals surface area contributed by atoms with E-state index < -0.39 is 5.66 Å². The van der Waals surface area contributed by atoms with Gasteiger partial charge in [-0.3, -0.25) is 4.79 Å². The number of hydrogen-bond acceptors (Lipinski definition) is 2. The van der Waals surface area contributed by atoms with E-state index in [9.17, 15) is 4.79 Å². The van der Waals surface area contributed by atoms with Gasteiger partial charge >= 0.3 is 0 Å². The molecule has 0 aliphatic carbocycles. The lowest BCUT2D eigenvalue weighted by atomic mass is 9.74. The van der Waals surface area contributed by atoms with Crippen LogP contribution in [0.2, 0.25) is 0 Å². The Balaban J connectivity index is 1.53. The van der Waals surface area contributed by atoms with Crippen LogP contribution in [-0.4, -0.2) is 18.1 Å². The van der Waals surface area contributed by atoms with Gasteiger partial charge in [0.05, 0.1) is 0 Å². The SMILES string of the molecule is Cc1ccc2c(c1)C(C)(C)[C@@]1(/C=C\c3ccc(-c4ccccc4)cc3)NC(=O)CCN21. The van der Waals surface area contributed by atoms with E-state index in [1.165, 1.54) is 27.9 Å². The molecule has 1 atom stereocenters. The van der Waals surface area contributed by atoms with Gasteiger partial charge in [0, 0.05) is 24.1 Å². The second kappa shape index (κ2) is 7.12. The minimum absolute atomic E-state index is 0.109. The number of amides is 1. The minimum atomic E-state index is -0.573. The highest BCUT2D eigenvalue weighted by Crippen LogP contribution is 2.52. The highest BCUT2D eigenvalue weighted by Gasteiger charge is 2.57. The van der Waals surface area contributed by atoms with E-state index in [0.717, 1.165) is 12.1 Å². The average Bonchev–Trinajstić information content (AvgIpc) is 2.96. The number of carbonyl (C=O) groups is 1. The summed E-state index contributed by atoms with van der Waals surface area (Å²) in [6.45, 7) is 7.32. The fraction of sp³-hybridized carbons (Fsp3) is 0.250. The molecule has 1 fully saturated rings. The molecule has 0 unspecified atom stereocenters. The second-order valence-electron chi connectivity index (χ2n) is 9.18. The zero-order chi connectivity index (χ0) is 21.6. The zero-order valence-corrected chi connectivity index (χ0v) is 18.4. The van der Waals surface area contributed by atoms with Gasteiger partial charge in [0.25, 0.3) is 0 Å². The van der Waals surface area contributed by atoms with Crippen LogP contribution in [0.25, 0.3) is 17.2 Å². The van der Waals surface area contributed by atoms with Crippen LogP contribution >= 0.6 is 0 Å². The molecule has 2 aliphatic heterocycles. The maximum absolute atomic E-state index is 12.6. The number of fused-ring (bicyclic) bond motifs is 3. The lowest BCUT2D eigenvalue weighted by Gasteiger charge is -2.49. The molecule has 3 heteroatoms. The van der Waals surface area contributed by atoms with Crippen molar-refractivity contribution in [3.05, 3.63) is 95.6 Å². The predicted octanol–water partition coefficient (Wildman–Crippen LogP) is 5.69. The Hall–Kier alpha value is -3.33. The zero-order valence-electron chi connectivity index (χ0n) is 18.4. The minimum Gasteiger partial charge on any atom is -0.344 e. The van der Waals surface area contributed by atoms with Gasteiger partial charge in [0.15, 0.2) is 0 Å². The summed E-state index contributed by atoms with van der Waals surface area (Å²) in [4.78, 5) is 14.9. The van der Waals surface area contributed by atoms with Crippen molar-refractivity contribution in [3.63, 3.8) is 0 Å². The van der Waals surface area contributed by atoms with Crippen molar-refractivity contribution in [1.82, 2.24) is 5.32 Å². The number of benzene rings is 3. The van der Waals surface area contributed by atoms with Crippen molar-refractivity contribution in [1.29, 1.82) is 0 Å². The third-order valence-corrected chi connectivity index (χ3v) is 6.92. The molecule has 2 heterocycles. The van der Waals surface area contributed by atoms with Crippen molar-refractivity contribution in [2.45, 2.75) is 38.3 Å². The van der Waals surface area contributed by atoms with Crippen molar-refractivity contribution in [2.75, 3.05) is 11.4 Å². The van der Waals surface area contributed by atoms with Gasteiger partial charge in [-0.25, -0.2) is 0 Å². The molecule has 0 aromatic heterocycles. The van der Waals surface area contributed by atoms with Gasteiger partial charge in [-0.05, 0) is 41.3 Å². The van der Waals surface area contributed by atoms with Crippen LogP contribution in [0.3, 0.4) is 0 Å². The molecule has 0 spiro atoms. The van der Waals surface area contributed by atoms with Crippen molar-refractivity contribution in [2.24, 2.45) is 0 Å². The first-order valence-electron chi connectivity index (χ1n) is 11.0. The number of nitrogens with zero attached hydrogens (tertiary/aromatic N) is 1. The summed E-state index contributed by atoms with van der Waals surface area (Å²) in [6.07, 6.45) is 4.86. The molecule has 156 valence electrons. The molecule has 3 aromatic rings. The molecule has 3 nitrogen and oxygen atoms in total. The Bertz CT molecular complexity index is 1160. The fourth-order valence-electron chi connectivity index (χ4n) is 5.10. The first kappa shape index (κ1) is 19.6. The Morgan fingerprint density at radius 3 is 2.39 bits per heavy atom. The molecule has 0 radical (unpaired) electrons. The van der Waals surface area contributed by atoms with E-state index in [1.807, 2.05) is 6.07 Å². The van der Waals surface area contributed by atoms with Gasteiger partial charge in [-0.1, -0.05) is 92.2 Å². The van der Waals surface area contributed by atoms with Crippen molar-refractivity contribution < 1.29 is 4.79 Å². The molecule has 0 bridgehead atoms. The molecule has 0 saturated carbocycles. The predicted molar refractivity (Wildman–Crippen MR) is 128 cm³/mol. The third-order valence-electron chi connectivity index (χ3n) is 6.92. The van der Waals surface area contributed by atoms with E-state index in [2.05, 4.69) is 110 Å². The van der Waals surface area contributed by atoms with E-state index in [1.54, 1.807) is 0 Å². The Labute approximate surface area is 184 Å². The van der Waals surface area contributed by atoms with E-state index in [0.29, 0.717) is 6.42 Å². The maximum Gasteiger partial charge on any atom is 0.223 e. The summed E-state index contributed by atoms with van der Waals surface area (Å²) in [6, 6.07) is 25.6. The lowest BCUT2D eigenvalue weighted by Crippen LogP contribution is -2.68. The Morgan fingerprint density at radius 2 is 1.65 bits per heavy atom. The van der Waals surface area contributed by atoms with Crippen LogP contribution < -0.4 is 10.2 Å². The highest BCUT2D eigenvalue weighted by atomic mass is 16.2. The summed E-state index contributed by atoms with van der Waals surface area (Å²) >= 11 is 0. The van der Waals surface area contributed by atoms with Gasteiger partial charge < -0.3 is 10.2 Å². The van der Waals surface area contributed by atoms with E-state index >= 15 is 0 Å². The van der Waals surface area contributed by atoms with Crippen LogP contribution in [0.15, 0.2) is 78.9 Å². The number of nitrogens with one attached hydrogen (secondary N) is 1. The molecular weight excluding hydrogens is 380 g/mol. The van der Waals surface area contributed by atoms with E-state index in [-0.39, 0.29) is 11.3 Å². The van der Waals surface area contributed by atoms with Gasteiger partial charge in [0.1, 0.15) is 5.66 Å². The monoisotopic (exact) mass is 408 g/mol. The fourth-order valence-corrected chi connectivity index (χ4v) is 5.10. The first-order valence-corrected chi connectivity index (χ1v) is 11.0. The lowest BCUT2D eigenvalue weighted by molar-refractivity contribution is -0.124. The number of rotatable bonds is 3. The average molecular weight is 409 g/mol. The van der Waals surface area contributed by atoms with Crippen LogP contribution in [0.1, 0.15) is 37.0 Å². The molecule has 1 amide bonds. The third kappa shape index (κ3) is 3.07. The topological polar surface area (TPSA) is 32.3 Å². The normalized spacial score (nSPS) is 21.6. The van der Waals surface area contributed by atoms with Crippen LogP contribution in [0, 0.1) is 6.92 Å². The highest BCUT2D eigenvalue weighted by molar-refractivity contribution is 5.84. The number of aryl methyl sites for hydroxylation is 1. The van der Waals surface area contributed by atoms with Crippen LogP contribution in [0.5, 0.6) is 0 Å². The standard InChI is InChI=1S/C28H28N2O/c1-20-9-14-25-24(19-20)27(2,3)28(29-26(31)16-18-30(25)28)17-15-21-10-12-23(13-11-21)22-7-5-4-6-8-22/h4-15,17,19H,16,18H2,1-3H3,(H,29,31)/b17-15-/t28-/m0/s1. The van der Waals surface area contributed by atoms with Crippen molar-refractivity contribution in [3.8, 4) is 11.1 Å². The van der Waals surface area contributed by atoms with Crippen molar-refractivity contribution >= 4 is 17.7 Å². The summed E-state index contributed by atoms with van der Waals surface area (Å²) in [7, 11) is 0. The number of hydrogen-bond donors (Lipinski definition) is 1. The first-order chi connectivity index (χ1) is 14.9. The molecule has 3 aromatic carbocycles. The second-order valence-corrected chi connectivity index (χ2v) is 9.18. The summed E-state index contributed by atoms with van der Waals surface area (Å²) in [5.41, 5.74) is 6.46. The van der Waals surface area contributed by atoms with Gasteiger partial charge in [0.2, 0.25) is 5.91 Å². The molecule has 1 saturated heterocycles. The van der Waals surface area contributed by atoms with Gasteiger partial charge in [-0.2, -0.15) is 0 Å². The summed E-state index contributed by atoms with van der Waals surface area (Å²) < 4.78 is 0. The Morgan fingerprint density at radius 1 is 0.935 bits per heavy atom. The number of carbonyl (C=O) groups excluding carboxylic acids is 1. The molecule has 1 N–H and O–H groups in total. The van der Waals surface area contributed by atoms with Crippen LogP contribution in [0.4, 0.5) is 5.69 Å². The van der Waals surface area contributed by atoms with E-state index in [4.69, 9.17) is 0 Å². The summed E-state index contributed by atoms with van der Waals surface area (Å²) in [5, 5.41) is 3.36. The summed E-state index contributed by atoms with van der Waals surface area (Å²) in [5.74, 6) is 0.109. The maximum atomic E-state index is 12.6. The molecule has 2 aliphatic rings. The quantitative estimate of drug-likeness (QED) is 0.604. The number of anilines is 1. The molecule has 31 heavy (non-hydrogen) atoms. The van der Waals surface area contributed by atoms with Gasteiger partial charge in [-0.15, -0.1) is 0 Å². The largest absolute Gasteiger partial charge is 0.344 e. The van der Waals surface area contributed by atoms with Crippen LogP contribution in [-0.2, 0) is 10.2 Å². The molecule has 5 rings (SSSR count). The Kier molecular flexibility index (Phi) is 4.51. The smallest absolute Gasteiger partial charge is 0.223 e.